The van der Waals surface area contributed by atoms with Crippen molar-refractivity contribution in [3.8, 4) is 0 Å². The molecule has 6 nitrogen and oxygen atoms in total. The molecule has 0 aliphatic carbocycles. The minimum Gasteiger partial charge on any atom is -0.269 e. The molecule has 2 aromatic carbocycles. The van der Waals surface area contributed by atoms with Gasteiger partial charge in [0.15, 0.2) is 0 Å². The van der Waals surface area contributed by atoms with Crippen LogP contribution < -0.4 is 4.31 Å². The highest BCUT2D eigenvalue weighted by molar-refractivity contribution is 7.92. The lowest BCUT2D eigenvalue weighted by molar-refractivity contribution is -0.384. The lowest BCUT2D eigenvalue weighted by atomic mass is 10.1. The van der Waals surface area contributed by atoms with E-state index < -0.39 is 14.9 Å². The van der Waals surface area contributed by atoms with Gasteiger partial charge in [0, 0.05) is 18.7 Å². The Morgan fingerprint density at radius 1 is 1.12 bits per heavy atom. The number of halogens is 2. The second kappa shape index (κ2) is 6.23. The van der Waals surface area contributed by atoms with E-state index in [1.165, 1.54) is 28.6 Å². The van der Waals surface area contributed by atoms with Crippen LogP contribution in [0.4, 0.5) is 11.4 Å². The van der Waals surface area contributed by atoms with Crippen molar-refractivity contribution >= 4 is 44.6 Å². The average Bonchev–Trinajstić information content (AvgIpc) is 2.94. The fourth-order valence-corrected chi connectivity index (χ4v) is 4.58. The van der Waals surface area contributed by atoms with Crippen molar-refractivity contribution in [3.05, 3.63) is 67.7 Å². The molecule has 126 valence electrons. The summed E-state index contributed by atoms with van der Waals surface area (Å²) in [5, 5.41) is 11.6. The maximum absolute atomic E-state index is 12.7. The number of sulfonamides is 1. The Morgan fingerprint density at radius 2 is 1.88 bits per heavy atom. The molecule has 1 aliphatic heterocycles. The van der Waals surface area contributed by atoms with Crippen LogP contribution in [-0.2, 0) is 22.2 Å². The monoisotopic (exact) mass is 386 g/mol. The number of non-ortho nitro benzene ring substituents is 1. The third-order valence-corrected chi connectivity index (χ3v) is 6.29. The molecule has 0 bridgehead atoms. The van der Waals surface area contributed by atoms with Crippen molar-refractivity contribution in [1.29, 1.82) is 0 Å². The molecule has 0 atom stereocenters. The van der Waals surface area contributed by atoms with E-state index in [1.54, 1.807) is 12.1 Å². The van der Waals surface area contributed by atoms with Crippen molar-refractivity contribution in [1.82, 2.24) is 0 Å². The zero-order valence-electron chi connectivity index (χ0n) is 12.3. The maximum atomic E-state index is 12.7. The van der Waals surface area contributed by atoms with E-state index in [1.807, 2.05) is 0 Å². The van der Waals surface area contributed by atoms with Crippen LogP contribution in [0.5, 0.6) is 0 Å². The van der Waals surface area contributed by atoms with Gasteiger partial charge in [-0.05, 0) is 29.7 Å². The summed E-state index contributed by atoms with van der Waals surface area (Å²) in [4.78, 5) is 10.4. The van der Waals surface area contributed by atoms with Crippen LogP contribution in [0.25, 0.3) is 0 Å². The van der Waals surface area contributed by atoms with Gasteiger partial charge in [-0.1, -0.05) is 35.3 Å². The van der Waals surface area contributed by atoms with Gasteiger partial charge < -0.3 is 0 Å². The number of nitrogens with zero attached hydrogens (tertiary/aromatic N) is 2. The second-order valence-corrected chi connectivity index (χ2v) is 8.10. The predicted molar refractivity (Wildman–Crippen MR) is 93.2 cm³/mol. The van der Waals surface area contributed by atoms with E-state index in [4.69, 9.17) is 23.2 Å². The van der Waals surface area contributed by atoms with E-state index in [0.29, 0.717) is 22.7 Å². The summed E-state index contributed by atoms with van der Waals surface area (Å²) in [6.07, 6.45) is 0.522. The first-order chi connectivity index (χ1) is 11.3. The summed E-state index contributed by atoms with van der Waals surface area (Å²) < 4.78 is 26.7. The highest BCUT2D eigenvalue weighted by Crippen LogP contribution is 2.34. The van der Waals surface area contributed by atoms with Crippen molar-refractivity contribution in [2.24, 2.45) is 0 Å². The zero-order chi connectivity index (χ0) is 17.5. The number of rotatable bonds is 4. The smallest absolute Gasteiger partial charge is 0.269 e. The SMILES string of the molecule is O=[N+]([O-])c1ccc2c(c1)N(S(=O)(=O)Cc1ccc(Cl)c(Cl)c1)CC2. The highest BCUT2D eigenvalue weighted by Gasteiger charge is 2.31. The van der Waals surface area contributed by atoms with Crippen LogP contribution in [0.2, 0.25) is 10.0 Å². The van der Waals surface area contributed by atoms with Crippen molar-refractivity contribution in [2.75, 3.05) is 10.8 Å². The van der Waals surface area contributed by atoms with Gasteiger partial charge in [0.05, 0.1) is 26.4 Å². The molecule has 0 saturated heterocycles. The van der Waals surface area contributed by atoms with Gasteiger partial charge in [-0.25, -0.2) is 8.42 Å². The van der Waals surface area contributed by atoms with Gasteiger partial charge >= 0.3 is 0 Å². The van der Waals surface area contributed by atoms with Crippen LogP contribution in [-0.4, -0.2) is 19.9 Å². The quantitative estimate of drug-likeness (QED) is 0.591. The minimum absolute atomic E-state index is 0.134. The number of anilines is 1. The molecule has 1 aliphatic rings. The molecule has 0 saturated carbocycles. The Bertz CT molecular complexity index is 931. The largest absolute Gasteiger partial charge is 0.271 e. The lowest BCUT2D eigenvalue weighted by Gasteiger charge is -2.19. The summed E-state index contributed by atoms with van der Waals surface area (Å²) >= 11 is 11.8. The minimum atomic E-state index is -3.69. The molecule has 3 rings (SSSR count). The van der Waals surface area contributed by atoms with E-state index in [2.05, 4.69) is 0 Å². The number of nitro benzene ring substituents is 1. The molecule has 0 fully saturated rings. The molecule has 0 N–H and O–H groups in total. The van der Waals surface area contributed by atoms with Gasteiger partial charge in [0.25, 0.3) is 5.69 Å². The number of hydrogen-bond donors (Lipinski definition) is 0. The third-order valence-electron chi connectivity index (χ3n) is 3.80. The molecule has 24 heavy (non-hydrogen) atoms. The van der Waals surface area contributed by atoms with E-state index in [9.17, 15) is 18.5 Å². The topological polar surface area (TPSA) is 80.5 Å². The average molecular weight is 387 g/mol. The van der Waals surface area contributed by atoms with Gasteiger partial charge in [0.2, 0.25) is 10.0 Å². The Labute approximate surface area is 148 Å². The van der Waals surface area contributed by atoms with Gasteiger partial charge in [-0.2, -0.15) is 0 Å². The standard InChI is InChI=1S/C15H12Cl2N2O4S/c16-13-4-1-10(7-14(13)17)9-24(22,23)18-6-5-11-2-3-12(19(20)21)8-15(11)18/h1-4,7-8H,5-6,9H2. The van der Waals surface area contributed by atoms with Crippen molar-refractivity contribution < 1.29 is 13.3 Å². The Morgan fingerprint density at radius 3 is 2.54 bits per heavy atom. The predicted octanol–water partition coefficient (Wildman–Crippen LogP) is 3.79. The Balaban J connectivity index is 1.93. The second-order valence-electron chi connectivity index (χ2n) is 5.40. The van der Waals surface area contributed by atoms with E-state index in [0.717, 1.165) is 5.56 Å². The maximum Gasteiger partial charge on any atom is 0.271 e. The highest BCUT2D eigenvalue weighted by atomic mass is 35.5. The summed E-state index contributed by atoms with van der Waals surface area (Å²) in [6.45, 7) is 0.264. The number of hydrogen-bond acceptors (Lipinski definition) is 4. The molecule has 0 aromatic heterocycles. The first-order valence-electron chi connectivity index (χ1n) is 6.99. The van der Waals surface area contributed by atoms with Crippen LogP contribution in [0.1, 0.15) is 11.1 Å². The molecule has 0 amide bonds. The van der Waals surface area contributed by atoms with Crippen LogP contribution >= 0.6 is 23.2 Å². The molecular formula is C15H12Cl2N2O4S. The van der Waals surface area contributed by atoms with Crippen molar-refractivity contribution in [2.45, 2.75) is 12.2 Å². The van der Waals surface area contributed by atoms with Crippen LogP contribution in [0.15, 0.2) is 36.4 Å². The van der Waals surface area contributed by atoms with Gasteiger partial charge in [0.1, 0.15) is 0 Å². The molecule has 0 radical (unpaired) electrons. The Kier molecular flexibility index (Phi) is 4.42. The number of nitro groups is 1. The summed E-state index contributed by atoms with van der Waals surface area (Å²) in [7, 11) is -3.69. The molecular weight excluding hydrogens is 375 g/mol. The fourth-order valence-electron chi connectivity index (χ4n) is 2.66. The molecule has 2 aromatic rings. The Hall–Kier alpha value is -1.83. The zero-order valence-corrected chi connectivity index (χ0v) is 14.6. The first-order valence-corrected chi connectivity index (χ1v) is 9.36. The van der Waals surface area contributed by atoms with E-state index >= 15 is 0 Å². The van der Waals surface area contributed by atoms with Crippen LogP contribution in [0, 0.1) is 10.1 Å². The molecule has 0 spiro atoms. The van der Waals surface area contributed by atoms with Crippen LogP contribution in [0.3, 0.4) is 0 Å². The molecule has 0 unspecified atom stereocenters. The molecule has 9 heteroatoms. The summed E-state index contributed by atoms with van der Waals surface area (Å²) in [5.74, 6) is -0.258. The summed E-state index contributed by atoms with van der Waals surface area (Å²) in [5.41, 5.74) is 1.51. The van der Waals surface area contributed by atoms with Crippen molar-refractivity contribution in [3.63, 3.8) is 0 Å². The summed E-state index contributed by atoms with van der Waals surface area (Å²) in [6, 6.07) is 8.92. The third kappa shape index (κ3) is 3.19. The first kappa shape index (κ1) is 17.0. The normalized spacial score (nSPS) is 13.8. The fraction of sp³-hybridized carbons (Fsp3) is 0.200. The number of benzene rings is 2. The lowest BCUT2D eigenvalue weighted by Crippen LogP contribution is -2.30. The number of fused-ring (bicyclic) bond motifs is 1. The van der Waals surface area contributed by atoms with E-state index in [-0.39, 0.29) is 23.0 Å². The van der Waals surface area contributed by atoms with Gasteiger partial charge in [-0.3, -0.25) is 14.4 Å². The molecule has 1 heterocycles. The van der Waals surface area contributed by atoms with Gasteiger partial charge in [-0.15, -0.1) is 0 Å².